The summed E-state index contributed by atoms with van der Waals surface area (Å²) in [5, 5.41) is 6.01. The summed E-state index contributed by atoms with van der Waals surface area (Å²) < 4.78 is 0. The van der Waals surface area contributed by atoms with Crippen LogP contribution in [0, 0.1) is 6.92 Å². The zero-order valence-corrected chi connectivity index (χ0v) is 17.2. The first-order valence-corrected chi connectivity index (χ1v) is 9.77. The average Bonchev–Trinajstić information content (AvgIpc) is 3.04. The van der Waals surface area contributed by atoms with Crippen LogP contribution in [0.3, 0.4) is 0 Å². The third-order valence-electron chi connectivity index (χ3n) is 3.80. The highest BCUT2D eigenvalue weighted by Crippen LogP contribution is 2.11. The minimum atomic E-state index is -0.129. The molecule has 0 radical (unpaired) electrons. The molecule has 8 nitrogen and oxygen atoms in total. The normalized spacial score (nSPS) is 11.2. The molecule has 0 fully saturated rings. The Morgan fingerprint density at radius 3 is 2.46 bits per heavy atom. The molecule has 1 aromatic rings. The van der Waals surface area contributed by atoms with E-state index in [9.17, 15) is 9.59 Å². The molecule has 0 bridgehead atoms. The van der Waals surface area contributed by atoms with Crippen molar-refractivity contribution < 1.29 is 9.59 Å². The quantitative estimate of drug-likeness (QED) is 0.377. The highest BCUT2D eigenvalue weighted by Gasteiger charge is 2.15. The number of aliphatic imine (C=N–C) groups is 1. The average molecular weight is 383 g/mol. The van der Waals surface area contributed by atoms with Crippen LogP contribution < -0.4 is 10.6 Å². The van der Waals surface area contributed by atoms with Gasteiger partial charge in [0.1, 0.15) is 4.88 Å². The fourth-order valence-electron chi connectivity index (χ4n) is 2.36. The molecule has 0 saturated heterocycles. The van der Waals surface area contributed by atoms with E-state index >= 15 is 0 Å². The summed E-state index contributed by atoms with van der Waals surface area (Å²) in [5.41, 5.74) is 2.40. The zero-order chi connectivity index (χ0) is 19.5. The Morgan fingerprint density at radius 1 is 1.23 bits per heavy atom. The van der Waals surface area contributed by atoms with Crippen LogP contribution in [0.15, 0.2) is 10.5 Å². The molecule has 0 aromatic carbocycles. The largest absolute Gasteiger partial charge is 0.357 e. The van der Waals surface area contributed by atoms with Crippen molar-refractivity contribution in [3.05, 3.63) is 16.1 Å². The molecule has 1 heterocycles. The molecule has 0 aliphatic carbocycles. The molecular weight excluding hydrogens is 352 g/mol. The number of aromatic nitrogens is 1. The molecule has 146 valence electrons. The lowest BCUT2D eigenvalue weighted by molar-refractivity contribution is -0.131. The van der Waals surface area contributed by atoms with Gasteiger partial charge in [-0.05, 0) is 27.7 Å². The lowest BCUT2D eigenvalue weighted by Crippen LogP contribution is -2.46. The highest BCUT2D eigenvalue weighted by atomic mass is 32.1. The van der Waals surface area contributed by atoms with E-state index in [0.717, 1.165) is 5.69 Å². The van der Waals surface area contributed by atoms with E-state index in [1.807, 2.05) is 34.7 Å². The summed E-state index contributed by atoms with van der Waals surface area (Å²) >= 11 is 1.33. The highest BCUT2D eigenvalue weighted by molar-refractivity contribution is 7.11. The second-order valence-electron chi connectivity index (χ2n) is 5.68. The first-order valence-electron chi connectivity index (χ1n) is 8.89. The summed E-state index contributed by atoms with van der Waals surface area (Å²) in [7, 11) is 1.84. The second-order valence-corrected chi connectivity index (χ2v) is 6.54. The SMILES string of the molecule is CCNC(=NCCNC(=O)c1scnc1C)N(C)CC(=O)N(CC)CC. The Bertz CT molecular complexity index is 612. The molecule has 0 unspecified atom stereocenters. The van der Waals surface area contributed by atoms with Gasteiger partial charge in [-0.1, -0.05) is 0 Å². The van der Waals surface area contributed by atoms with Gasteiger partial charge in [0.2, 0.25) is 5.91 Å². The van der Waals surface area contributed by atoms with Crippen molar-refractivity contribution in [2.75, 3.05) is 46.3 Å². The van der Waals surface area contributed by atoms with Gasteiger partial charge in [0.15, 0.2) is 5.96 Å². The summed E-state index contributed by atoms with van der Waals surface area (Å²) in [6.07, 6.45) is 0. The summed E-state index contributed by atoms with van der Waals surface area (Å²) in [4.78, 5) is 37.1. The number of nitrogens with one attached hydrogen (secondary N) is 2. The Balaban J connectivity index is 2.55. The van der Waals surface area contributed by atoms with Gasteiger partial charge in [-0.25, -0.2) is 4.98 Å². The van der Waals surface area contributed by atoms with E-state index in [1.165, 1.54) is 11.3 Å². The van der Waals surface area contributed by atoms with Crippen LogP contribution in [0.4, 0.5) is 0 Å². The van der Waals surface area contributed by atoms with Crippen LogP contribution in [0.25, 0.3) is 0 Å². The maximum absolute atomic E-state index is 12.2. The topological polar surface area (TPSA) is 89.9 Å². The van der Waals surface area contributed by atoms with Crippen molar-refractivity contribution in [1.29, 1.82) is 0 Å². The number of hydrogen-bond acceptors (Lipinski definition) is 5. The van der Waals surface area contributed by atoms with Gasteiger partial charge >= 0.3 is 0 Å². The summed E-state index contributed by atoms with van der Waals surface area (Å²) in [5.74, 6) is 0.587. The molecular formula is C17H30N6O2S. The van der Waals surface area contributed by atoms with E-state index in [1.54, 1.807) is 15.3 Å². The van der Waals surface area contributed by atoms with E-state index in [2.05, 4.69) is 20.6 Å². The van der Waals surface area contributed by atoms with E-state index < -0.39 is 0 Å². The van der Waals surface area contributed by atoms with Crippen molar-refractivity contribution in [2.45, 2.75) is 27.7 Å². The molecule has 26 heavy (non-hydrogen) atoms. The standard InChI is InChI=1S/C17H30N6O2S/c1-6-18-17(22(5)11-14(24)23(7-2)8-3)20-10-9-19-16(25)15-13(4)21-12-26-15/h12H,6-11H2,1-5H3,(H,18,20)(H,19,25). The summed E-state index contributed by atoms with van der Waals surface area (Å²) in [6.45, 7) is 10.9. The minimum Gasteiger partial charge on any atom is -0.357 e. The van der Waals surface area contributed by atoms with Gasteiger partial charge in [-0.3, -0.25) is 14.6 Å². The van der Waals surface area contributed by atoms with Crippen molar-refractivity contribution in [1.82, 2.24) is 25.4 Å². The number of carbonyl (C=O) groups is 2. The van der Waals surface area contributed by atoms with Gasteiger partial charge in [-0.15, -0.1) is 11.3 Å². The third kappa shape index (κ3) is 6.62. The monoisotopic (exact) mass is 382 g/mol. The fraction of sp³-hybridized carbons (Fsp3) is 0.647. The first kappa shape index (κ1) is 21.9. The number of guanidine groups is 1. The van der Waals surface area contributed by atoms with E-state index in [-0.39, 0.29) is 18.4 Å². The maximum atomic E-state index is 12.2. The first-order chi connectivity index (χ1) is 12.4. The molecule has 1 rings (SSSR count). The number of thiazole rings is 1. The fourth-order valence-corrected chi connectivity index (χ4v) is 3.07. The Labute approximate surface area is 159 Å². The molecule has 0 spiro atoms. The van der Waals surface area contributed by atoms with Gasteiger partial charge < -0.3 is 20.4 Å². The van der Waals surface area contributed by atoms with E-state index in [0.29, 0.717) is 43.6 Å². The third-order valence-corrected chi connectivity index (χ3v) is 4.72. The molecule has 2 N–H and O–H groups in total. The van der Waals surface area contributed by atoms with Crippen LogP contribution in [-0.4, -0.2) is 78.9 Å². The van der Waals surface area contributed by atoms with Gasteiger partial charge in [-0.2, -0.15) is 0 Å². The molecule has 1 aromatic heterocycles. The number of amides is 2. The van der Waals surface area contributed by atoms with Crippen LogP contribution in [0.2, 0.25) is 0 Å². The second kappa shape index (κ2) is 11.5. The minimum absolute atomic E-state index is 0.0667. The molecule has 0 aliphatic rings. The number of carbonyl (C=O) groups excluding carboxylic acids is 2. The lowest BCUT2D eigenvalue weighted by atomic mass is 10.4. The molecule has 0 atom stereocenters. The lowest BCUT2D eigenvalue weighted by Gasteiger charge is -2.25. The van der Waals surface area contributed by atoms with Crippen molar-refractivity contribution in [3.8, 4) is 0 Å². The number of rotatable bonds is 9. The molecule has 2 amide bonds. The zero-order valence-electron chi connectivity index (χ0n) is 16.3. The number of hydrogen-bond donors (Lipinski definition) is 2. The predicted molar refractivity (Wildman–Crippen MR) is 106 cm³/mol. The van der Waals surface area contributed by atoms with Crippen molar-refractivity contribution >= 4 is 29.1 Å². The Morgan fingerprint density at radius 2 is 1.92 bits per heavy atom. The number of likely N-dealkylation sites (N-methyl/N-ethyl adjacent to an activating group) is 2. The molecule has 9 heteroatoms. The molecule has 0 saturated carbocycles. The smallest absolute Gasteiger partial charge is 0.263 e. The predicted octanol–water partition coefficient (Wildman–Crippen LogP) is 0.947. The Hall–Kier alpha value is -2.16. The maximum Gasteiger partial charge on any atom is 0.263 e. The Kier molecular flexibility index (Phi) is 9.64. The van der Waals surface area contributed by atoms with Crippen LogP contribution >= 0.6 is 11.3 Å². The number of nitrogens with zero attached hydrogens (tertiary/aromatic N) is 4. The van der Waals surface area contributed by atoms with Gasteiger partial charge in [0.25, 0.3) is 5.91 Å². The van der Waals surface area contributed by atoms with Gasteiger partial charge in [0, 0.05) is 33.2 Å². The van der Waals surface area contributed by atoms with Crippen LogP contribution in [-0.2, 0) is 4.79 Å². The van der Waals surface area contributed by atoms with Crippen molar-refractivity contribution in [2.24, 2.45) is 4.99 Å². The summed E-state index contributed by atoms with van der Waals surface area (Å²) in [6, 6.07) is 0. The van der Waals surface area contributed by atoms with E-state index in [4.69, 9.17) is 0 Å². The number of aryl methyl sites for hydroxylation is 1. The van der Waals surface area contributed by atoms with Crippen molar-refractivity contribution in [3.63, 3.8) is 0 Å². The molecule has 0 aliphatic heterocycles. The van der Waals surface area contributed by atoms with Crippen LogP contribution in [0.1, 0.15) is 36.1 Å². The van der Waals surface area contributed by atoms with Crippen LogP contribution in [0.5, 0.6) is 0 Å². The van der Waals surface area contributed by atoms with Gasteiger partial charge in [0.05, 0.1) is 24.3 Å².